The third-order valence-corrected chi connectivity index (χ3v) is 4.18. The van der Waals surface area contributed by atoms with Crippen LogP contribution in [-0.4, -0.2) is 14.7 Å². The number of hydrogen-bond donors (Lipinski definition) is 1. The maximum Gasteiger partial charge on any atom is 0.175 e. The lowest BCUT2D eigenvalue weighted by Gasteiger charge is -2.05. The Morgan fingerprint density at radius 1 is 1.18 bits per heavy atom. The van der Waals surface area contributed by atoms with Crippen LogP contribution in [-0.2, 0) is 16.4 Å². The molecule has 0 spiro atoms. The molecule has 3 nitrogen and oxygen atoms in total. The van der Waals surface area contributed by atoms with Crippen molar-refractivity contribution in [2.75, 3.05) is 11.6 Å². The summed E-state index contributed by atoms with van der Waals surface area (Å²) >= 11 is 1.64. The van der Waals surface area contributed by atoms with Gasteiger partial charge in [-0.15, -0.1) is 0 Å². The molecule has 0 radical (unpaired) electrons. The molecule has 1 aromatic carbocycles. The average molecular weight is 267 g/mol. The fraction of sp³-hybridized carbons (Fsp3) is 0.167. The summed E-state index contributed by atoms with van der Waals surface area (Å²) in [7, 11) is -3.10. The van der Waals surface area contributed by atoms with Gasteiger partial charge >= 0.3 is 0 Å². The van der Waals surface area contributed by atoms with Gasteiger partial charge in [-0.1, -0.05) is 12.1 Å². The number of thiophene rings is 1. The summed E-state index contributed by atoms with van der Waals surface area (Å²) in [6.45, 7) is 0.695. The zero-order chi connectivity index (χ0) is 12.3. The quantitative estimate of drug-likeness (QED) is 0.926. The normalized spacial score (nSPS) is 11.4. The Balaban J connectivity index is 2.04. The molecule has 0 amide bonds. The average Bonchev–Trinajstić information content (AvgIpc) is 2.78. The van der Waals surface area contributed by atoms with Crippen molar-refractivity contribution in [1.29, 1.82) is 0 Å². The number of anilines is 1. The molecule has 1 N–H and O–H groups in total. The van der Waals surface area contributed by atoms with Crippen molar-refractivity contribution < 1.29 is 8.42 Å². The minimum Gasteiger partial charge on any atom is -0.380 e. The van der Waals surface area contributed by atoms with Gasteiger partial charge in [0.1, 0.15) is 0 Å². The topological polar surface area (TPSA) is 46.2 Å². The van der Waals surface area contributed by atoms with Gasteiger partial charge in [0.2, 0.25) is 0 Å². The maximum absolute atomic E-state index is 11.3. The molecule has 5 heteroatoms. The molecule has 1 heterocycles. The monoisotopic (exact) mass is 267 g/mol. The SMILES string of the molecule is CS(=O)(=O)c1ccc(CNc2ccsc2)cc1. The highest BCUT2D eigenvalue weighted by atomic mass is 32.2. The molecular weight excluding hydrogens is 254 g/mol. The number of hydrogen-bond acceptors (Lipinski definition) is 4. The molecule has 0 unspecified atom stereocenters. The number of sulfone groups is 1. The Kier molecular flexibility index (Phi) is 3.49. The van der Waals surface area contributed by atoms with E-state index in [4.69, 9.17) is 0 Å². The van der Waals surface area contributed by atoms with Crippen LogP contribution in [0.25, 0.3) is 0 Å². The molecule has 0 saturated carbocycles. The van der Waals surface area contributed by atoms with E-state index in [1.54, 1.807) is 23.5 Å². The van der Waals surface area contributed by atoms with Crippen molar-refractivity contribution in [2.45, 2.75) is 11.4 Å². The van der Waals surface area contributed by atoms with E-state index in [2.05, 4.69) is 5.32 Å². The Bertz CT molecular complexity index is 571. The van der Waals surface area contributed by atoms with Gasteiger partial charge < -0.3 is 5.32 Å². The van der Waals surface area contributed by atoms with Crippen LogP contribution in [0.4, 0.5) is 5.69 Å². The molecule has 0 saturated heterocycles. The van der Waals surface area contributed by atoms with Gasteiger partial charge in [0.15, 0.2) is 9.84 Å². The predicted octanol–water partition coefficient (Wildman–Crippen LogP) is 2.76. The first-order valence-corrected chi connectivity index (χ1v) is 7.94. The largest absolute Gasteiger partial charge is 0.380 e. The van der Waals surface area contributed by atoms with Crippen molar-refractivity contribution >= 4 is 26.9 Å². The lowest BCUT2D eigenvalue weighted by atomic mass is 10.2. The molecule has 0 aliphatic carbocycles. The van der Waals surface area contributed by atoms with Crippen molar-refractivity contribution in [3.63, 3.8) is 0 Å². The van der Waals surface area contributed by atoms with Crippen LogP contribution in [0.15, 0.2) is 46.0 Å². The summed E-state index contributed by atoms with van der Waals surface area (Å²) in [5.74, 6) is 0. The molecule has 1 aromatic heterocycles. The summed E-state index contributed by atoms with van der Waals surface area (Å²) in [4.78, 5) is 0.358. The van der Waals surface area contributed by atoms with Gasteiger partial charge in [-0.2, -0.15) is 11.3 Å². The zero-order valence-electron chi connectivity index (χ0n) is 9.38. The molecule has 0 fully saturated rings. The molecule has 2 rings (SSSR count). The van der Waals surface area contributed by atoms with Crippen molar-refractivity contribution in [2.24, 2.45) is 0 Å². The van der Waals surface area contributed by atoms with Crippen LogP contribution in [0.2, 0.25) is 0 Å². The van der Waals surface area contributed by atoms with Gasteiger partial charge in [-0.25, -0.2) is 8.42 Å². The number of benzene rings is 1. The van der Waals surface area contributed by atoms with Crippen molar-refractivity contribution in [1.82, 2.24) is 0 Å². The second-order valence-electron chi connectivity index (χ2n) is 3.78. The molecule has 0 aliphatic heterocycles. The second-order valence-corrected chi connectivity index (χ2v) is 6.58. The Morgan fingerprint density at radius 3 is 2.41 bits per heavy atom. The molecule has 2 aromatic rings. The molecule has 90 valence electrons. The Hall–Kier alpha value is -1.33. The van der Waals surface area contributed by atoms with Crippen LogP contribution in [0, 0.1) is 0 Å². The van der Waals surface area contributed by atoms with Crippen molar-refractivity contribution in [3.05, 3.63) is 46.7 Å². The minimum absolute atomic E-state index is 0.358. The minimum atomic E-state index is -3.10. The van der Waals surface area contributed by atoms with E-state index in [0.29, 0.717) is 11.4 Å². The number of rotatable bonds is 4. The maximum atomic E-state index is 11.3. The van der Waals surface area contributed by atoms with Crippen LogP contribution in [0.1, 0.15) is 5.56 Å². The van der Waals surface area contributed by atoms with E-state index in [1.165, 1.54) is 6.26 Å². The summed E-state index contributed by atoms with van der Waals surface area (Å²) in [5, 5.41) is 7.30. The smallest absolute Gasteiger partial charge is 0.175 e. The Labute approximate surface area is 105 Å². The van der Waals surface area contributed by atoms with Crippen molar-refractivity contribution in [3.8, 4) is 0 Å². The highest BCUT2D eigenvalue weighted by Crippen LogP contribution is 2.14. The first-order chi connectivity index (χ1) is 8.05. The zero-order valence-corrected chi connectivity index (χ0v) is 11.0. The fourth-order valence-corrected chi connectivity index (χ4v) is 2.67. The lowest BCUT2D eigenvalue weighted by Crippen LogP contribution is -2.00. The van der Waals surface area contributed by atoms with Gasteiger partial charge in [-0.3, -0.25) is 0 Å². The Morgan fingerprint density at radius 2 is 1.88 bits per heavy atom. The van der Waals surface area contributed by atoms with Gasteiger partial charge in [0.25, 0.3) is 0 Å². The van der Waals surface area contributed by atoms with Crippen LogP contribution < -0.4 is 5.32 Å². The summed E-state index contributed by atoms with van der Waals surface area (Å²) in [5.41, 5.74) is 2.14. The highest BCUT2D eigenvalue weighted by molar-refractivity contribution is 7.90. The summed E-state index contributed by atoms with van der Waals surface area (Å²) in [6, 6.07) is 8.95. The third-order valence-electron chi connectivity index (χ3n) is 2.37. The summed E-state index contributed by atoms with van der Waals surface area (Å²) < 4.78 is 22.5. The van der Waals surface area contributed by atoms with E-state index in [1.807, 2.05) is 29.0 Å². The van der Waals surface area contributed by atoms with Gasteiger partial charge in [0.05, 0.1) is 4.90 Å². The van der Waals surface area contributed by atoms with E-state index in [9.17, 15) is 8.42 Å². The first-order valence-electron chi connectivity index (χ1n) is 5.11. The molecule has 17 heavy (non-hydrogen) atoms. The number of nitrogens with one attached hydrogen (secondary N) is 1. The standard InChI is InChI=1S/C12H13NO2S2/c1-17(14,15)12-4-2-10(3-5-12)8-13-11-6-7-16-9-11/h2-7,9,13H,8H2,1H3. The third kappa shape index (κ3) is 3.31. The summed E-state index contributed by atoms with van der Waals surface area (Å²) in [6.07, 6.45) is 1.21. The van der Waals surface area contributed by atoms with E-state index < -0.39 is 9.84 Å². The van der Waals surface area contributed by atoms with Gasteiger partial charge in [-0.05, 0) is 29.1 Å². The fourth-order valence-electron chi connectivity index (χ4n) is 1.42. The van der Waals surface area contributed by atoms with Gasteiger partial charge in [0, 0.05) is 23.9 Å². The molecular formula is C12H13NO2S2. The predicted molar refractivity (Wildman–Crippen MR) is 71.2 cm³/mol. The molecule has 0 atom stereocenters. The first kappa shape index (κ1) is 12.1. The van der Waals surface area contributed by atoms with E-state index >= 15 is 0 Å². The molecule has 0 aliphatic rings. The van der Waals surface area contributed by atoms with Crippen LogP contribution in [0.3, 0.4) is 0 Å². The van der Waals surface area contributed by atoms with Crippen LogP contribution >= 0.6 is 11.3 Å². The lowest BCUT2D eigenvalue weighted by molar-refractivity contribution is 0.602. The van der Waals surface area contributed by atoms with E-state index in [0.717, 1.165) is 11.3 Å². The van der Waals surface area contributed by atoms with Crippen LogP contribution in [0.5, 0.6) is 0 Å². The highest BCUT2D eigenvalue weighted by Gasteiger charge is 2.05. The second kappa shape index (κ2) is 4.89. The molecule has 0 bridgehead atoms. The van der Waals surface area contributed by atoms with E-state index in [-0.39, 0.29) is 0 Å².